The molecule has 7 heteroatoms. The maximum Gasteiger partial charge on any atom is 0.262 e. The maximum atomic E-state index is 12.4. The van der Waals surface area contributed by atoms with Gasteiger partial charge >= 0.3 is 0 Å². The number of nitrogens with one attached hydrogen (secondary N) is 1. The second kappa shape index (κ2) is 6.98. The van der Waals surface area contributed by atoms with Crippen LogP contribution in [-0.2, 0) is 4.79 Å². The van der Waals surface area contributed by atoms with Crippen LogP contribution in [0.15, 0.2) is 18.2 Å². The van der Waals surface area contributed by atoms with Gasteiger partial charge in [0, 0.05) is 19.2 Å². The molecule has 1 heterocycles. The number of nitrogens with two attached hydrogens (primary N) is 1. The lowest BCUT2D eigenvalue weighted by atomic mass is 9.93. The smallest absolute Gasteiger partial charge is 0.262 e. The molecule has 122 valence electrons. The summed E-state index contributed by atoms with van der Waals surface area (Å²) in [5.74, 6) is 0.250. The van der Waals surface area contributed by atoms with Gasteiger partial charge in [-0.3, -0.25) is 9.59 Å². The number of nitrogens with zero attached hydrogens (tertiary/aromatic N) is 1. The molecule has 0 bridgehead atoms. The molecule has 0 unspecified atom stereocenters. The zero-order chi connectivity index (χ0) is 15.6. The normalized spacial score (nSPS) is 13.4. The summed E-state index contributed by atoms with van der Waals surface area (Å²) < 4.78 is 5.28. The number of hydrogen-bond acceptors (Lipinski definition) is 4. The molecule has 0 spiro atoms. The summed E-state index contributed by atoms with van der Waals surface area (Å²) in [5, 5.41) is 2.70. The van der Waals surface area contributed by atoms with Gasteiger partial charge in [-0.1, -0.05) is 13.8 Å². The van der Waals surface area contributed by atoms with Crippen molar-refractivity contribution in [2.45, 2.75) is 13.8 Å². The first-order valence-electron chi connectivity index (χ1n) is 6.85. The molecule has 0 atom stereocenters. The molecule has 22 heavy (non-hydrogen) atoms. The molecule has 1 aromatic carbocycles. The van der Waals surface area contributed by atoms with Gasteiger partial charge in [0.05, 0.1) is 5.69 Å². The van der Waals surface area contributed by atoms with E-state index < -0.39 is 0 Å². The van der Waals surface area contributed by atoms with Crippen LogP contribution in [0.2, 0.25) is 0 Å². The van der Waals surface area contributed by atoms with E-state index in [1.807, 2.05) is 13.8 Å². The molecule has 1 aromatic rings. The van der Waals surface area contributed by atoms with Crippen LogP contribution in [0.5, 0.6) is 5.75 Å². The molecule has 6 nitrogen and oxygen atoms in total. The summed E-state index contributed by atoms with van der Waals surface area (Å²) in [5.41, 5.74) is 6.60. The van der Waals surface area contributed by atoms with E-state index >= 15 is 0 Å². The molecular formula is C15H22ClN3O3. The third kappa shape index (κ3) is 4.11. The number of amides is 2. The highest BCUT2D eigenvalue weighted by Gasteiger charge is 2.23. The van der Waals surface area contributed by atoms with Crippen molar-refractivity contribution in [1.82, 2.24) is 4.90 Å². The van der Waals surface area contributed by atoms with Crippen LogP contribution in [0.3, 0.4) is 0 Å². The minimum atomic E-state index is -0.218. The quantitative estimate of drug-likeness (QED) is 0.877. The van der Waals surface area contributed by atoms with Gasteiger partial charge < -0.3 is 20.7 Å². The predicted molar refractivity (Wildman–Crippen MR) is 87.6 cm³/mol. The monoisotopic (exact) mass is 327 g/mol. The summed E-state index contributed by atoms with van der Waals surface area (Å²) in [6.45, 7) is 5.08. The number of carbonyl (C=O) groups is 2. The number of anilines is 1. The predicted octanol–water partition coefficient (Wildman–Crippen LogP) is 1.50. The lowest BCUT2D eigenvalue weighted by Gasteiger charge is -2.29. The Bertz CT molecular complexity index is 575. The summed E-state index contributed by atoms with van der Waals surface area (Å²) in [7, 11) is 1.74. The highest BCUT2D eigenvalue weighted by Crippen LogP contribution is 2.29. The van der Waals surface area contributed by atoms with Gasteiger partial charge in [0.25, 0.3) is 11.8 Å². The molecule has 0 saturated carbocycles. The van der Waals surface area contributed by atoms with E-state index in [1.165, 1.54) is 0 Å². The first kappa shape index (κ1) is 18.3. The van der Waals surface area contributed by atoms with Crippen molar-refractivity contribution >= 4 is 29.9 Å². The number of carbonyl (C=O) groups excluding carboxylic acids is 2. The summed E-state index contributed by atoms with van der Waals surface area (Å²) >= 11 is 0. The van der Waals surface area contributed by atoms with Crippen LogP contribution < -0.4 is 15.8 Å². The van der Waals surface area contributed by atoms with Crippen molar-refractivity contribution in [3.05, 3.63) is 23.8 Å². The fourth-order valence-electron chi connectivity index (χ4n) is 2.21. The standard InChI is InChI=1S/C15H21N3O3.ClH/c1-15(2,8-16)9-18(3)14(20)10-4-5-12-11(6-10)17-13(19)7-21-12;/h4-6H,7-9,16H2,1-3H3,(H,17,19);1H. The average Bonchev–Trinajstić information content (AvgIpc) is 2.45. The summed E-state index contributed by atoms with van der Waals surface area (Å²) in [6.07, 6.45) is 0. The third-order valence-corrected chi connectivity index (χ3v) is 3.42. The lowest BCUT2D eigenvalue weighted by Crippen LogP contribution is -2.39. The minimum Gasteiger partial charge on any atom is -0.482 e. The van der Waals surface area contributed by atoms with Crippen molar-refractivity contribution < 1.29 is 14.3 Å². The van der Waals surface area contributed by atoms with E-state index in [0.29, 0.717) is 30.1 Å². The molecular weight excluding hydrogens is 306 g/mol. The minimum absolute atomic E-state index is 0. The Morgan fingerprint density at radius 2 is 2.14 bits per heavy atom. The van der Waals surface area contributed by atoms with Crippen LogP contribution in [-0.4, -0.2) is 43.5 Å². The molecule has 0 radical (unpaired) electrons. The Hall–Kier alpha value is -1.79. The van der Waals surface area contributed by atoms with Crippen LogP contribution >= 0.6 is 12.4 Å². The molecule has 0 saturated heterocycles. The Morgan fingerprint density at radius 3 is 2.77 bits per heavy atom. The Balaban J connectivity index is 0.00000242. The van der Waals surface area contributed by atoms with Gasteiger partial charge in [-0.25, -0.2) is 0 Å². The highest BCUT2D eigenvalue weighted by atomic mass is 35.5. The topological polar surface area (TPSA) is 84.7 Å². The second-order valence-corrected chi connectivity index (χ2v) is 6.08. The maximum absolute atomic E-state index is 12.4. The van der Waals surface area contributed by atoms with Crippen molar-refractivity contribution in [3.63, 3.8) is 0 Å². The molecule has 1 aliphatic heterocycles. The highest BCUT2D eigenvalue weighted by molar-refractivity contribution is 5.99. The summed E-state index contributed by atoms with van der Waals surface area (Å²) in [4.78, 5) is 25.4. The van der Waals surface area contributed by atoms with Crippen molar-refractivity contribution in [1.29, 1.82) is 0 Å². The van der Waals surface area contributed by atoms with Crippen molar-refractivity contribution in [3.8, 4) is 5.75 Å². The number of halogens is 1. The van der Waals surface area contributed by atoms with E-state index in [4.69, 9.17) is 10.5 Å². The zero-order valence-corrected chi connectivity index (χ0v) is 13.8. The number of hydrogen-bond donors (Lipinski definition) is 2. The van der Waals surface area contributed by atoms with E-state index in [0.717, 1.165) is 0 Å². The van der Waals surface area contributed by atoms with Gasteiger partial charge in [0.1, 0.15) is 5.75 Å². The van der Waals surface area contributed by atoms with E-state index in [-0.39, 0.29) is 36.2 Å². The fraction of sp³-hybridized carbons (Fsp3) is 0.467. The second-order valence-electron chi connectivity index (χ2n) is 6.08. The van der Waals surface area contributed by atoms with Gasteiger partial charge in [-0.2, -0.15) is 0 Å². The van der Waals surface area contributed by atoms with Crippen LogP contribution in [0, 0.1) is 5.41 Å². The molecule has 0 aromatic heterocycles. The van der Waals surface area contributed by atoms with Gasteiger partial charge in [0.15, 0.2) is 6.61 Å². The fourth-order valence-corrected chi connectivity index (χ4v) is 2.21. The summed E-state index contributed by atoms with van der Waals surface area (Å²) in [6, 6.07) is 5.04. The Morgan fingerprint density at radius 1 is 1.45 bits per heavy atom. The van der Waals surface area contributed by atoms with Crippen LogP contribution in [0.4, 0.5) is 5.69 Å². The first-order valence-corrected chi connectivity index (χ1v) is 6.85. The number of benzene rings is 1. The van der Waals surface area contributed by atoms with Crippen molar-refractivity contribution in [2.24, 2.45) is 11.1 Å². The molecule has 3 N–H and O–H groups in total. The van der Waals surface area contributed by atoms with E-state index in [1.54, 1.807) is 30.1 Å². The van der Waals surface area contributed by atoms with E-state index in [9.17, 15) is 9.59 Å². The molecule has 1 aliphatic rings. The van der Waals surface area contributed by atoms with Crippen LogP contribution in [0.25, 0.3) is 0 Å². The van der Waals surface area contributed by atoms with Gasteiger partial charge in [-0.15, -0.1) is 12.4 Å². The SMILES string of the molecule is CN(CC(C)(C)CN)C(=O)c1ccc2c(c1)NC(=O)CO2.Cl. The molecule has 0 aliphatic carbocycles. The average molecular weight is 328 g/mol. The number of rotatable bonds is 4. The Kier molecular flexibility index (Phi) is 5.79. The molecule has 0 fully saturated rings. The van der Waals surface area contributed by atoms with Gasteiger partial charge in [-0.05, 0) is 30.2 Å². The van der Waals surface area contributed by atoms with E-state index in [2.05, 4.69) is 5.32 Å². The first-order chi connectivity index (χ1) is 9.82. The van der Waals surface area contributed by atoms with Crippen LogP contribution in [0.1, 0.15) is 24.2 Å². The number of ether oxygens (including phenoxy) is 1. The zero-order valence-electron chi connectivity index (χ0n) is 13.0. The van der Waals surface area contributed by atoms with Crippen molar-refractivity contribution in [2.75, 3.05) is 32.1 Å². The molecule has 2 rings (SSSR count). The van der Waals surface area contributed by atoms with Gasteiger partial charge in [0.2, 0.25) is 0 Å². The largest absolute Gasteiger partial charge is 0.482 e. The number of fused-ring (bicyclic) bond motifs is 1. The molecule has 2 amide bonds. The Labute approximate surface area is 136 Å². The third-order valence-electron chi connectivity index (χ3n) is 3.42. The lowest BCUT2D eigenvalue weighted by molar-refractivity contribution is -0.118.